The highest BCUT2D eigenvalue weighted by Gasteiger charge is 2.25. The van der Waals surface area contributed by atoms with Gasteiger partial charge in [0.1, 0.15) is 11.4 Å². The Morgan fingerprint density at radius 2 is 2.04 bits per heavy atom. The molecule has 0 bridgehead atoms. The van der Waals surface area contributed by atoms with Gasteiger partial charge in [-0.3, -0.25) is 19.6 Å². The lowest BCUT2D eigenvalue weighted by molar-refractivity contribution is -0.119. The first-order chi connectivity index (χ1) is 13.2. The van der Waals surface area contributed by atoms with E-state index in [1.165, 1.54) is 18.7 Å². The Kier molecular flexibility index (Phi) is 5.48. The van der Waals surface area contributed by atoms with Gasteiger partial charge in [-0.15, -0.1) is 0 Å². The van der Waals surface area contributed by atoms with E-state index in [4.69, 9.17) is 5.73 Å². The number of nitrogen functional groups attached to an aromatic ring is 1. The molecule has 148 valence electrons. The average molecular weight is 382 g/mol. The van der Waals surface area contributed by atoms with Gasteiger partial charge in [0.15, 0.2) is 0 Å². The Morgan fingerprint density at radius 1 is 1.36 bits per heavy atom. The summed E-state index contributed by atoms with van der Waals surface area (Å²) in [6, 6.07) is 4.14. The summed E-state index contributed by atoms with van der Waals surface area (Å²) in [5.74, 6) is 0.476. The molecule has 1 aliphatic heterocycles. The van der Waals surface area contributed by atoms with Gasteiger partial charge >= 0.3 is 0 Å². The molecule has 1 aliphatic rings. The van der Waals surface area contributed by atoms with Crippen LogP contribution in [0.15, 0.2) is 21.9 Å². The number of carbonyl (C=O) groups is 1. The number of amides is 1. The SMILES string of the molecule is CC(=O)NC1CCN(c2nc(N)c(C=Nc3c(C)cc(C)cc3C)c(=O)[nH]2)C1. The van der Waals surface area contributed by atoms with E-state index in [9.17, 15) is 9.59 Å². The van der Waals surface area contributed by atoms with Gasteiger partial charge in [-0.05, 0) is 38.3 Å². The third-order valence-corrected chi connectivity index (χ3v) is 4.83. The summed E-state index contributed by atoms with van der Waals surface area (Å²) < 4.78 is 0. The van der Waals surface area contributed by atoms with Crippen molar-refractivity contribution in [1.82, 2.24) is 15.3 Å². The van der Waals surface area contributed by atoms with Crippen LogP contribution in [-0.2, 0) is 4.79 Å². The van der Waals surface area contributed by atoms with E-state index in [1.807, 2.05) is 37.8 Å². The molecule has 4 N–H and O–H groups in total. The van der Waals surface area contributed by atoms with E-state index in [-0.39, 0.29) is 28.9 Å². The van der Waals surface area contributed by atoms with E-state index < -0.39 is 0 Å². The molecule has 0 saturated carbocycles. The minimum Gasteiger partial charge on any atom is -0.383 e. The van der Waals surface area contributed by atoms with E-state index in [2.05, 4.69) is 20.3 Å². The minimum atomic E-state index is -0.336. The molecule has 1 unspecified atom stereocenters. The number of anilines is 2. The fourth-order valence-electron chi connectivity index (χ4n) is 3.63. The van der Waals surface area contributed by atoms with Gasteiger partial charge in [0, 0.05) is 32.3 Å². The van der Waals surface area contributed by atoms with Crippen molar-refractivity contribution in [3.05, 3.63) is 44.7 Å². The summed E-state index contributed by atoms with van der Waals surface area (Å²) in [4.78, 5) is 37.3. The van der Waals surface area contributed by atoms with Gasteiger partial charge < -0.3 is 16.0 Å². The van der Waals surface area contributed by atoms with Crippen molar-refractivity contribution in [2.45, 2.75) is 40.2 Å². The number of nitrogens with one attached hydrogen (secondary N) is 2. The van der Waals surface area contributed by atoms with Crippen LogP contribution in [0.3, 0.4) is 0 Å². The van der Waals surface area contributed by atoms with Crippen LogP contribution in [0.1, 0.15) is 35.6 Å². The van der Waals surface area contributed by atoms with Crippen LogP contribution in [0.4, 0.5) is 17.5 Å². The van der Waals surface area contributed by atoms with Crippen LogP contribution in [0.2, 0.25) is 0 Å². The van der Waals surface area contributed by atoms with Gasteiger partial charge in [-0.25, -0.2) is 0 Å². The molecule has 8 nitrogen and oxygen atoms in total. The van der Waals surface area contributed by atoms with Crippen LogP contribution in [0.5, 0.6) is 0 Å². The molecule has 2 aromatic rings. The number of carbonyl (C=O) groups excluding carboxylic acids is 1. The standard InChI is InChI=1S/C20H26N6O2/c1-11-7-12(2)17(13(3)8-11)22-9-16-18(21)24-20(25-19(16)28)26-6-5-15(10-26)23-14(4)27/h7-9,15H,5-6,10H2,1-4H3,(H,23,27)(H3,21,24,25,28). The fraction of sp³-hybridized carbons (Fsp3) is 0.400. The first-order valence-electron chi connectivity index (χ1n) is 9.28. The van der Waals surface area contributed by atoms with Crippen LogP contribution in [-0.4, -0.2) is 41.2 Å². The van der Waals surface area contributed by atoms with Crippen molar-refractivity contribution >= 4 is 29.6 Å². The molecule has 1 fully saturated rings. The Morgan fingerprint density at radius 3 is 2.64 bits per heavy atom. The van der Waals surface area contributed by atoms with Gasteiger partial charge in [0.25, 0.3) is 5.56 Å². The Labute approximate surface area is 163 Å². The number of aliphatic imine (C=N–C) groups is 1. The highest BCUT2D eigenvalue weighted by atomic mass is 16.1. The molecular weight excluding hydrogens is 356 g/mol. The predicted molar refractivity (Wildman–Crippen MR) is 112 cm³/mol. The number of aromatic nitrogens is 2. The zero-order valence-electron chi connectivity index (χ0n) is 16.7. The summed E-state index contributed by atoms with van der Waals surface area (Å²) in [6.07, 6.45) is 2.26. The third-order valence-electron chi connectivity index (χ3n) is 4.83. The van der Waals surface area contributed by atoms with Crippen LogP contribution < -0.4 is 21.5 Å². The number of nitrogens with two attached hydrogens (primary N) is 1. The molecule has 8 heteroatoms. The molecule has 28 heavy (non-hydrogen) atoms. The first kappa shape index (κ1) is 19.6. The molecule has 2 heterocycles. The number of rotatable bonds is 4. The zero-order chi connectivity index (χ0) is 20.4. The highest BCUT2D eigenvalue weighted by Crippen LogP contribution is 2.25. The highest BCUT2D eigenvalue weighted by molar-refractivity contribution is 5.87. The Bertz CT molecular complexity index is 972. The van der Waals surface area contributed by atoms with Gasteiger partial charge in [0.2, 0.25) is 11.9 Å². The molecule has 0 aliphatic carbocycles. The number of hydrogen-bond acceptors (Lipinski definition) is 6. The quantitative estimate of drug-likeness (QED) is 0.697. The zero-order valence-corrected chi connectivity index (χ0v) is 16.7. The average Bonchev–Trinajstić information content (AvgIpc) is 3.03. The normalized spacial score (nSPS) is 16.7. The maximum atomic E-state index is 12.6. The van der Waals surface area contributed by atoms with Crippen molar-refractivity contribution in [3.63, 3.8) is 0 Å². The number of hydrogen-bond donors (Lipinski definition) is 3. The molecule has 0 spiro atoms. The van der Waals surface area contributed by atoms with E-state index in [1.54, 1.807) is 0 Å². The maximum Gasteiger partial charge on any atom is 0.263 e. The van der Waals surface area contributed by atoms with E-state index in [0.717, 1.165) is 23.2 Å². The Balaban J connectivity index is 1.84. The van der Waals surface area contributed by atoms with Crippen molar-refractivity contribution < 1.29 is 4.79 Å². The van der Waals surface area contributed by atoms with Crippen molar-refractivity contribution in [3.8, 4) is 0 Å². The Hall–Kier alpha value is -3.16. The lowest BCUT2D eigenvalue weighted by atomic mass is 10.1. The minimum absolute atomic E-state index is 0.0396. The molecule has 3 rings (SSSR count). The summed E-state index contributed by atoms with van der Waals surface area (Å²) in [6.45, 7) is 8.76. The number of benzene rings is 1. The largest absolute Gasteiger partial charge is 0.383 e. The van der Waals surface area contributed by atoms with E-state index >= 15 is 0 Å². The van der Waals surface area contributed by atoms with Crippen molar-refractivity contribution in [2.24, 2.45) is 4.99 Å². The van der Waals surface area contributed by atoms with Crippen LogP contribution in [0, 0.1) is 20.8 Å². The number of aryl methyl sites for hydroxylation is 3. The van der Waals surface area contributed by atoms with Crippen molar-refractivity contribution in [1.29, 1.82) is 0 Å². The molecule has 1 aromatic heterocycles. The summed E-state index contributed by atoms with van der Waals surface area (Å²) in [5, 5.41) is 2.88. The fourth-order valence-corrected chi connectivity index (χ4v) is 3.63. The maximum absolute atomic E-state index is 12.6. The van der Waals surface area contributed by atoms with Gasteiger partial charge in [-0.1, -0.05) is 17.7 Å². The molecule has 0 radical (unpaired) electrons. The molecule has 1 aromatic carbocycles. The summed E-state index contributed by atoms with van der Waals surface area (Å²) in [7, 11) is 0. The third kappa shape index (κ3) is 4.21. The van der Waals surface area contributed by atoms with Gasteiger partial charge in [0.05, 0.1) is 5.69 Å². The van der Waals surface area contributed by atoms with E-state index in [0.29, 0.717) is 19.0 Å². The van der Waals surface area contributed by atoms with Crippen molar-refractivity contribution in [2.75, 3.05) is 23.7 Å². The predicted octanol–water partition coefficient (Wildman–Crippen LogP) is 1.74. The summed E-state index contributed by atoms with van der Waals surface area (Å²) in [5.41, 5.74) is 10.0. The summed E-state index contributed by atoms with van der Waals surface area (Å²) >= 11 is 0. The topological polar surface area (TPSA) is 116 Å². The lowest BCUT2D eigenvalue weighted by Crippen LogP contribution is -2.36. The molecular formula is C20H26N6O2. The molecule has 1 atom stereocenters. The second-order valence-corrected chi connectivity index (χ2v) is 7.33. The lowest BCUT2D eigenvalue weighted by Gasteiger charge is -2.17. The van der Waals surface area contributed by atoms with Crippen LogP contribution >= 0.6 is 0 Å². The monoisotopic (exact) mass is 382 g/mol. The molecule has 1 saturated heterocycles. The smallest absolute Gasteiger partial charge is 0.263 e. The van der Waals surface area contributed by atoms with Crippen LogP contribution in [0.25, 0.3) is 0 Å². The second kappa shape index (κ2) is 7.84. The first-order valence-corrected chi connectivity index (χ1v) is 9.28. The second-order valence-electron chi connectivity index (χ2n) is 7.33. The molecule has 1 amide bonds. The van der Waals surface area contributed by atoms with Gasteiger partial charge in [-0.2, -0.15) is 4.98 Å². The number of aromatic amines is 1. The number of nitrogens with zero attached hydrogens (tertiary/aromatic N) is 3. The number of H-pyrrole nitrogens is 1.